The van der Waals surface area contributed by atoms with Gasteiger partial charge in [0, 0.05) is 11.4 Å². The normalized spacial score (nSPS) is 12.6. The van der Waals surface area contributed by atoms with Crippen molar-refractivity contribution >= 4 is 12.2 Å². The van der Waals surface area contributed by atoms with Crippen LogP contribution in [0.5, 0.6) is 0 Å². The molecule has 0 radical (unpaired) electrons. The monoisotopic (exact) mass is 231 g/mol. The van der Waals surface area contributed by atoms with Gasteiger partial charge in [-0.1, -0.05) is 18.7 Å². The van der Waals surface area contributed by atoms with E-state index >= 15 is 0 Å². The largest absolute Gasteiger partial charge is 0.497 e. The average Bonchev–Trinajstić information content (AvgIpc) is 2.36. The van der Waals surface area contributed by atoms with E-state index in [1.807, 2.05) is 18.2 Å². The maximum absolute atomic E-state index is 9.26. The molecule has 3 nitrogen and oxygen atoms in total. The van der Waals surface area contributed by atoms with E-state index in [0.29, 0.717) is 11.5 Å². The minimum absolute atomic E-state index is 0.0931. The summed E-state index contributed by atoms with van der Waals surface area (Å²) < 4.78 is 5.02. The summed E-state index contributed by atoms with van der Waals surface area (Å²) in [5, 5.41) is 11.1. The fourth-order valence-electron chi connectivity index (χ4n) is 1.45. The summed E-state index contributed by atoms with van der Waals surface area (Å²) in [5.41, 5.74) is 0.643. The van der Waals surface area contributed by atoms with Gasteiger partial charge in [-0.05, 0) is 23.8 Å². The lowest BCUT2D eigenvalue weighted by molar-refractivity contribution is 0.275. The zero-order valence-corrected chi connectivity index (χ0v) is 10.0. The maximum atomic E-state index is 9.26. The summed E-state index contributed by atoms with van der Waals surface area (Å²) in [6, 6.07) is 1.86. The molecule has 1 aromatic rings. The third-order valence-electron chi connectivity index (χ3n) is 2.32. The molecular formula is C14H17NO2. The van der Waals surface area contributed by atoms with Crippen molar-refractivity contribution in [2.75, 3.05) is 7.11 Å². The summed E-state index contributed by atoms with van der Waals surface area (Å²) in [5.74, 6) is 0.563. The third-order valence-corrected chi connectivity index (χ3v) is 2.32. The number of hydrogen-bond acceptors (Lipinski definition) is 3. The molecule has 0 aliphatic rings. The predicted octanol–water partition coefficient (Wildman–Crippen LogP) is 0.871. The van der Waals surface area contributed by atoms with Gasteiger partial charge in [-0.25, -0.2) is 0 Å². The summed E-state index contributed by atoms with van der Waals surface area (Å²) in [4.78, 5) is 4.14. The summed E-state index contributed by atoms with van der Waals surface area (Å²) in [6.07, 6.45) is 7.96. The van der Waals surface area contributed by atoms with Gasteiger partial charge in [0.15, 0.2) is 0 Å². The van der Waals surface area contributed by atoms with Crippen molar-refractivity contribution in [3.63, 3.8) is 0 Å². The highest BCUT2D eigenvalue weighted by Crippen LogP contribution is 1.91. The van der Waals surface area contributed by atoms with Gasteiger partial charge in [0.05, 0.1) is 19.4 Å². The summed E-state index contributed by atoms with van der Waals surface area (Å²) >= 11 is 0. The highest BCUT2D eigenvalue weighted by molar-refractivity contribution is 5.43. The Balaban J connectivity index is 3.44. The molecule has 3 heteroatoms. The average molecular weight is 231 g/mol. The molecule has 0 amide bonds. The van der Waals surface area contributed by atoms with E-state index in [1.54, 1.807) is 19.4 Å². The first-order valence-corrected chi connectivity index (χ1v) is 5.33. The second-order valence-corrected chi connectivity index (χ2v) is 3.46. The van der Waals surface area contributed by atoms with Gasteiger partial charge in [0.2, 0.25) is 0 Å². The first-order chi connectivity index (χ1) is 8.22. The second kappa shape index (κ2) is 6.66. The molecule has 0 unspecified atom stereocenters. The minimum Gasteiger partial charge on any atom is -0.497 e. The van der Waals surface area contributed by atoms with Crippen LogP contribution in [0.1, 0.15) is 12.1 Å². The molecule has 0 aliphatic carbocycles. The van der Waals surface area contributed by atoms with Gasteiger partial charge >= 0.3 is 0 Å². The topological polar surface area (TPSA) is 42.4 Å². The number of pyridine rings is 1. The number of rotatable bonds is 5. The number of allylic oxidation sites excluding steroid dienone is 2. The molecule has 0 aromatic carbocycles. The lowest BCUT2D eigenvalue weighted by Crippen LogP contribution is -2.30. The second-order valence-electron chi connectivity index (χ2n) is 3.46. The Bertz CT molecular complexity index is 518. The molecule has 0 spiro atoms. The van der Waals surface area contributed by atoms with Crippen LogP contribution in [0, 0.1) is 0 Å². The Morgan fingerprint density at radius 1 is 1.59 bits per heavy atom. The standard InChI is InChI=1S/C14H17NO2/c1-4-5-6-13-12(9-11(2)17-3)7-8-15-14(13)10-16/h4,6-9,16H,1-2,5,10H2,3H3/b12-9-,13-6+. The predicted molar refractivity (Wildman–Crippen MR) is 69.3 cm³/mol. The van der Waals surface area contributed by atoms with E-state index in [0.717, 1.165) is 16.9 Å². The smallest absolute Gasteiger partial charge is 0.112 e. The Kier molecular flexibility index (Phi) is 5.17. The van der Waals surface area contributed by atoms with Gasteiger partial charge in [-0.15, -0.1) is 6.58 Å². The van der Waals surface area contributed by atoms with Crippen LogP contribution < -0.4 is 10.4 Å². The van der Waals surface area contributed by atoms with Crippen molar-refractivity contribution in [2.24, 2.45) is 0 Å². The van der Waals surface area contributed by atoms with Crippen LogP contribution in [-0.2, 0) is 11.3 Å². The van der Waals surface area contributed by atoms with Crippen LogP contribution in [0.2, 0.25) is 0 Å². The fourth-order valence-corrected chi connectivity index (χ4v) is 1.45. The minimum atomic E-state index is -0.0931. The molecule has 1 N–H and O–H groups in total. The zero-order chi connectivity index (χ0) is 12.7. The van der Waals surface area contributed by atoms with E-state index in [4.69, 9.17) is 4.74 Å². The van der Waals surface area contributed by atoms with Crippen molar-refractivity contribution in [3.05, 3.63) is 53.4 Å². The van der Waals surface area contributed by atoms with Crippen LogP contribution in [-0.4, -0.2) is 17.2 Å². The number of aromatic nitrogens is 1. The van der Waals surface area contributed by atoms with E-state index in [1.165, 1.54) is 0 Å². The maximum Gasteiger partial charge on any atom is 0.112 e. The van der Waals surface area contributed by atoms with Crippen molar-refractivity contribution in [1.29, 1.82) is 0 Å². The Morgan fingerprint density at radius 3 is 2.94 bits per heavy atom. The lowest BCUT2D eigenvalue weighted by atomic mass is 10.2. The summed E-state index contributed by atoms with van der Waals surface area (Å²) in [7, 11) is 1.57. The number of nitrogens with zero attached hydrogens (tertiary/aromatic N) is 1. The fraction of sp³-hybridized carbons (Fsp3) is 0.214. The molecule has 0 bridgehead atoms. The van der Waals surface area contributed by atoms with E-state index < -0.39 is 0 Å². The number of methoxy groups -OCH3 is 1. The van der Waals surface area contributed by atoms with Crippen LogP contribution in [0.4, 0.5) is 0 Å². The quantitative estimate of drug-likeness (QED) is 0.604. The molecule has 17 heavy (non-hydrogen) atoms. The van der Waals surface area contributed by atoms with Crippen LogP contribution >= 0.6 is 0 Å². The Hall–Kier alpha value is -1.87. The van der Waals surface area contributed by atoms with Crippen LogP contribution in [0.15, 0.2) is 37.3 Å². The number of hydrogen-bond donors (Lipinski definition) is 1. The lowest BCUT2D eigenvalue weighted by Gasteiger charge is -2.00. The van der Waals surface area contributed by atoms with Gasteiger partial charge in [-0.3, -0.25) is 4.98 Å². The van der Waals surface area contributed by atoms with Crippen molar-refractivity contribution in [1.82, 2.24) is 4.98 Å². The molecule has 0 fully saturated rings. The van der Waals surface area contributed by atoms with Crippen molar-refractivity contribution in [2.45, 2.75) is 13.0 Å². The molecule has 90 valence electrons. The molecular weight excluding hydrogens is 214 g/mol. The molecule has 0 aliphatic heterocycles. The van der Waals surface area contributed by atoms with E-state index in [9.17, 15) is 5.11 Å². The van der Waals surface area contributed by atoms with Gasteiger partial charge in [0.1, 0.15) is 5.76 Å². The van der Waals surface area contributed by atoms with E-state index in [-0.39, 0.29) is 6.61 Å². The van der Waals surface area contributed by atoms with Crippen LogP contribution in [0.3, 0.4) is 0 Å². The van der Waals surface area contributed by atoms with Crippen molar-refractivity contribution < 1.29 is 9.84 Å². The Morgan fingerprint density at radius 2 is 2.35 bits per heavy atom. The summed E-state index contributed by atoms with van der Waals surface area (Å²) in [6.45, 7) is 7.33. The van der Waals surface area contributed by atoms with Crippen molar-refractivity contribution in [3.8, 4) is 0 Å². The highest BCUT2D eigenvalue weighted by atomic mass is 16.5. The molecule has 1 heterocycles. The van der Waals surface area contributed by atoms with Crippen LogP contribution in [0.25, 0.3) is 12.2 Å². The molecule has 1 aromatic heterocycles. The molecule has 0 saturated carbocycles. The molecule has 1 rings (SSSR count). The first-order valence-electron chi connectivity index (χ1n) is 5.33. The number of aliphatic hydroxyl groups excluding tert-OH is 1. The molecule has 0 saturated heterocycles. The Labute approximate surface area is 101 Å². The zero-order valence-electron chi connectivity index (χ0n) is 10.0. The third kappa shape index (κ3) is 3.57. The van der Waals surface area contributed by atoms with Gasteiger partial charge < -0.3 is 9.84 Å². The number of ether oxygens (including phenoxy) is 1. The SMILES string of the molecule is C=CC/C=c1/c(CO)ncc/c1=C/C(=C)OC. The van der Waals surface area contributed by atoms with Gasteiger partial charge in [-0.2, -0.15) is 0 Å². The molecule has 0 atom stereocenters. The van der Waals surface area contributed by atoms with E-state index in [2.05, 4.69) is 18.1 Å². The number of aliphatic hydroxyl groups is 1. The van der Waals surface area contributed by atoms with Gasteiger partial charge in [0.25, 0.3) is 0 Å². The highest BCUT2D eigenvalue weighted by Gasteiger charge is 1.96. The first kappa shape index (κ1) is 13.2.